The van der Waals surface area contributed by atoms with Gasteiger partial charge >= 0.3 is 0 Å². The predicted octanol–water partition coefficient (Wildman–Crippen LogP) is -0.212. The summed E-state index contributed by atoms with van der Waals surface area (Å²) < 4.78 is 0. The summed E-state index contributed by atoms with van der Waals surface area (Å²) in [5.41, 5.74) is 0. The van der Waals surface area contributed by atoms with E-state index in [0.29, 0.717) is 0 Å². The first kappa shape index (κ1) is 14.8. The Bertz CT molecular complexity index is 281. The zero-order valence-electron chi connectivity index (χ0n) is 12.5. The van der Waals surface area contributed by atoms with Gasteiger partial charge in [-0.3, -0.25) is 9.69 Å². The van der Waals surface area contributed by atoms with Gasteiger partial charge in [-0.05, 0) is 26.6 Å². The van der Waals surface area contributed by atoms with Gasteiger partial charge in [0, 0.05) is 59.3 Å². The lowest BCUT2D eigenvalue weighted by Crippen LogP contribution is -2.49. The number of carbonyl (C=O) groups is 1. The molecule has 0 bridgehead atoms. The van der Waals surface area contributed by atoms with E-state index in [-0.39, 0.29) is 5.91 Å². The molecule has 0 radical (unpaired) electrons. The normalized spacial score (nSPS) is 23.8. The molecule has 2 rings (SSSR count). The Morgan fingerprint density at radius 2 is 1.32 bits per heavy atom. The van der Waals surface area contributed by atoms with Gasteiger partial charge in [0.05, 0.1) is 0 Å². The van der Waals surface area contributed by atoms with Crippen molar-refractivity contribution < 1.29 is 4.79 Å². The summed E-state index contributed by atoms with van der Waals surface area (Å²) in [5, 5.41) is 0. The average Bonchev–Trinajstić information content (AvgIpc) is 2.41. The van der Waals surface area contributed by atoms with Gasteiger partial charge in [0.25, 0.3) is 0 Å². The van der Waals surface area contributed by atoms with Crippen LogP contribution in [0.15, 0.2) is 0 Å². The first-order chi connectivity index (χ1) is 9.15. The van der Waals surface area contributed by atoms with E-state index in [1.54, 1.807) is 6.92 Å². The van der Waals surface area contributed by atoms with E-state index < -0.39 is 0 Å². The van der Waals surface area contributed by atoms with Gasteiger partial charge in [0.1, 0.15) is 0 Å². The molecule has 0 aliphatic carbocycles. The summed E-state index contributed by atoms with van der Waals surface area (Å²) in [6, 6.07) is 0. The molecule has 5 nitrogen and oxygen atoms in total. The van der Waals surface area contributed by atoms with Crippen molar-refractivity contribution in [2.75, 3.05) is 72.5 Å². The fraction of sp³-hybridized carbons (Fsp3) is 0.929. The minimum absolute atomic E-state index is 0.220. The molecule has 0 spiro atoms. The predicted molar refractivity (Wildman–Crippen MR) is 77.2 cm³/mol. The maximum atomic E-state index is 11.2. The number of amides is 1. The zero-order chi connectivity index (χ0) is 13.7. The quantitative estimate of drug-likeness (QED) is 0.706. The maximum Gasteiger partial charge on any atom is 0.219 e. The van der Waals surface area contributed by atoms with E-state index in [1.807, 2.05) is 4.90 Å². The highest BCUT2D eigenvalue weighted by molar-refractivity contribution is 5.73. The standard InChI is InChI=1S/C14H28N4O/c1-14(19)18-12-10-17(11-13-18)5-3-4-16-8-6-15(2)7-9-16/h3-13H2,1-2H3. The molecule has 0 aromatic heterocycles. The van der Waals surface area contributed by atoms with Gasteiger partial charge in [0.2, 0.25) is 5.91 Å². The minimum atomic E-state index is 0.220. The zero-order valence-corrected chi connectivity index (χ0v) is 12.5. The summed E-state index contributed by atoms with van der Waals surface area (Å²) in [6.45, 7) is 12.8. The number of rotatable bonds is 4. The fourth-order valence-corrected chi connectivity index (χ4v) is 2.88. The van der Waals surface area contributed by atoms with Crippen LogP contribution in [0.5, 0.6) is 0 Å². The smallest absolute Gasteiger partial charge is 0.219 e. The molecule has 0 unspecified atom stereocenters. The molecular weight excluding hydrogens is 240 g/mol. The van der Waals surface area contributed by atoms with Gasteiger partial charge in [-0.25, -0.2) is 0 Å². The first-order valence-electron chi connectivity index (χ1n) is 7.54. The number of nitrogens with zero attached hydrogens (tertiary/aromatic N) is 4. The highest BCUT2D eigenvalue weighted by Gasteiger charge is 2.18. The summed E-state index contributed by atoms with van der Waals surface area (Å²) in [6.07, 6.45) is 1.25. The number of likely N-dealkylation sites (N-methyl/N-ethyl adjacent to an activating group) is 1. The van der Waals surface area contributed by atoms with Crippen LogP contribution in [0.2, 0.25) is 0 Å². The molecule has 19 heavy (non-hydrogen) atoms. The summed E-state index contributed by atoms with van der Waals surface area (Å²) >= 11 is 0. The van der Waals surface area contributed by atoms with Crippen LogP contribution in [-0.2, 0) is 4.79 Å². The van der Waals surface area contributed by atoms with Gasteiger partial charge < -0.3 is 14.7 Å². The van der Waals surface area contributed by atoms with Crippen LogP contribution in [0.1, 0.15) is 13.3 Å². The highest BCUT2D eigenvalue weighted by atomic mass is 16.2. The van der Waals surface area contributed by atoms with Gasteiger partial charge in [0.15, 0.2) is 0 Å². The topological polar surface area (TPSA) is 30.0 Å². The number of hydrogen-bond donors (Lipinski definition) is 0. The van der Waals surface area contributed by atoms with Crippen LogP contribution in [0, 0.1) is 0 Å². The van der Waals surface area contributed by atoms with Gasteiger partial charge in [-0.15, -0.1) is 0 Å². The Morgan fingerprint density at radius 1 is 0.842 bits per heavy atom. The van der Waals surface area contributed by atoms with Gasteiger partial charge in [-0.1, -0.05) is 0 Å². The SMILES string of the molecule is CC(=O)N1CCN(CCCN2CCN(C)CC2)CC1. The number of piperazine rings is 2. The third kappa shape index (κ3) is 4.75. The van der Waals surface area contributed by atoms with Crippen molar-refractivity contribution in [2.45, 2.75) is 13.3 Å². The van der Waals surface area contributed by atoms with Crippen LogP contribution in [0.4, 0.5) is 0 Å². The Labute approximate surface area is 117 Å². The summed E-state index contributed by atoms with van der Waals surface area (Å²) in [7, 11) is 2.20. The van der Waals surface area contributed by atoms with Crippen molar-refractivity contribution in [3.05, 3.63) is 0 Å². The van der Waals surface area contributed by atoms with Crippen molar-refractivity contribution in [3.63, 3.8) is 0 Å². The largest absolute Gasteiger partial charge is 0.340 e. The fourth-order valence-electron chi connectivity index (χ4n) is 2.88. The van der Waals surface area contributed by atoms with E-state index in [9.17, 15) is 4.79 Å². The Balaban J connectivity index is 1.56. The summed E-state index contributed by atoms with van der Waals surface area (Å²) in [4.78, 5) is 20.7. The van der Waals surface area contributed by atoms with E-state index in [4.69, 9.17) is 0 Å². The second-order valence-corrected chi connectivity index (χ2v) is 5.85. The Hall–Kier alpha value is -0.650. The lowest BCUT2D eigenvalue weighted by atomic mass is 10.2. The third-order valence-electron chi connectivity index (χ3n) is 4.36. The molecule has 0 aromatic carbocycles. The molecule has 0 N–H and O–H groups in total. The molecule has 0 saturated carbocycles. The van der Waals surface area contributed by atoms with Gasteiger partial charge in [-0.2, -0.15) is 0 Å². The first-order valence-corrected chi connectivity index (χ1v) is 7.54. The van der Waals surface area contributed by atoms with Crippen molar-refractivity contribution in [1.29, 1.82) is 0 Å². The molecule has 2 aliphatic heterocycles. The maximum absolute atomic E-state index is 11.2. The van der Waals surface area contributed by atoms with Crippen molar-refractivity contribution >= 4 is 5.91 Å². The second-order valence-electron chi connectivity index (χ2n) is 5.85. The molecule has 1 amide bonds. The van der Waals surface area contributed by atoms with E-state index in [0.717, 1.165) is 26.2 Å². The Morgan fingerprint density at radius 3 is 1.79 bits per heavy atom. The Kier molecular flexibility index (Phi) is 5.60. The van der Waals surface area contributed by atoms with E-state index in [1.165, 1.54) is 45.7 Å². The molecule has 0 atom stereocenters. The van der Waals surface area contributed by atoms with Crippen LogP contribution in [-0.4, -0.2) is 98.0 Å². The molecule has 2 aliphatic rings. The lowest BCUT2D eigenvalue weighted by molar-refractivity contribution is -0.130. The van der Waals surface area contributed by atoms with E-state index in [2.05, 4.69) is 21.7 Å². The molecule has 110 valence electrons. The molecule has 5 heteroatoms. The van der Waals surface area contributed by atoms with Crippen molar-refractivity contribution in [2.24, 2.45) is 0 Å². The van der Waals surface area contributed by atoms with Crippen LogP contribution < -0.4 is 0 Å². The van der Waals surface area contributed by atoms with Crippen molar-refractivity contribution in [1.82, 2.24) is 19.6 Å². The minimum Gasteiger partial charge on any atom is -0.340 e. The molecule has 2 fully saturated rings. The third-order valence-corrected chi connectivity index (χ3v) is 4.36. The number of hydrogen-bond acceptors (Lipinski definition) is 4. The highest BCUT2D eigenvalue weighted by Crippen LogP contribution is 2.05. The number of carbonyl (C=O) groups excluding carboxylic acids is 1. The van der Waals surface area contributed by atoms with Crippen LogP contribution >= 0.6 is 0 Å². The van der Waals surface area contributed by atoms with Crippen molar-refractivity contribution in [3.8, 4) is 0 Å². The summed E-state index contributed by atoms with van der Waals surface area (Å²) in [5.74, 6) is 0.220. The second kappa shape index (κ2) is 7.22. The lowest BCUT2D eigenvalue weighted by Gasteiger charge is -2.35. The molecule has 2 heterocycles. The molecular formula is C14H28N4O. The molecule has 0 aromatic rings. The van der Waals surface area contributed by atoms with E-state index >= 15 is 0 Å². The van der Waals surface area contributed by atoms with Crippen LogP contribution in [0.3, 0.4) is 0 Å². The average molecular weight is 268 g/mol. The molecule has 2 saturated heterocycles. The monoisotopic (exact) mass is 268 g/mol. The van der Waals surface area contributed by atoms with Crippen LogP contribution in [0.25, 0.3) is 0 Å².